The van der Waals surface area contributed by atoms with E-state index in [1.165, 1.54) is 10.5 Å². The van der Waals surface area contributed by atoms with E-state index in [1.54, 1.807) is 0 Å². The highest BCUT2D eigenvalue weighted by atomic mass is 32.1. The van der Waals surface area contributed by atoms with E-state index >= 15 is 0 Å². The van der Waals surface area contributed by atoms with Gasteiger partial charge in [0.25, 0.3) is 0 Å². The molecule has 2 saturated heterocycles. The van der Waals surface area contributed by atoms with Crippen molar-refractivity contribution < 1.29 is 9.84 Å². The monoisotopic (exact) mass is 380 g/mol. The van der Waals surface area contributed by atoms with Crippen molar-refractivity contribution in [2.75, 3.05) is 64.0 Å². The van der Waals surface area contributed by atoms with Gasteiger partial charge in [-0.25, -0.2) is 4.98 Å². The molecule has 1 aromatic rings. The fourth-order valence-corrected chi connectivity index (χ4v) is 4.56. The molecule has 0 amide bonds. The molecule has 146 valence electrons. The molecule has 0 aromatic carbocycles. The van der Waals surface area contributed by atoms with Crippen LogP contribution in [0.1, 0.15) is 25.1 Å². The molecule has 26 heavy (non-hydrogen) atoms. The van der Waals surface area contributed by atoms with E-state index in [-0.39, 0.29) is 6.61 Å². The molecule has 1 aromatic heterocycles. The Morgan fingerprint density at radius 2 is 2.12 bits per heavy atom. The molecule has 2 fully saturated rings. The number of morpholine rings is 1. The third-order valence-corrected chi connectivity index (χ3v) is 6.13. The largest absolute Gasteiger partial charge is 0.396 e. The van der Waals surface area contributed by atoms with Crippen molar-refractivity contribution in [3.63, 3.8) is 0 Å². The van der Waals surface area contributed by atoms with Gasteiger partial charge in [0, 0.05) is 69.5 Å². The Kier molecular flexibility index (Phi) is 7.45. The summed E-state index contributed by atoms with van der Waals surface area (Å²) in [7, 11) is 0. The highest BCUT2D eigenvalue weighted by molar-refractivity contribution is 7.15. The molecule has 1 atom stereocenters. The summed E-state index contributed by atoms with van der Waals surface area (Å²) >= 11 is 1.81. The number of aromatic nitrogens is 1. The number of allylic oxidation sites excluding steroid dienone is 1. The molecule has 0 unspecified atom stereocenters. The summed E-state index contributed by atoms with van der Waals surface area (Å²) in [6, 6.07) is 0.427. The number of rotatable bonds is 7. The summed E-state index contributed by atoms with van der Waals surface area (Å²) in [5.74, 6) is 0. The van der Waals surface area contributed by atoms with Gasteiger partial charge < -0.3 is 14.7 Å². The van der Waals surface area contributed by atoms with Gasteiger partial charge in [-0.05, 0) is 20.3 Å². The smallest absolute Gasteiger partial charge is 0.185 e. The Labute approximate surface area is 161 Å². The van der Waals surface area contributed by atoms with E-state index in [0.29, 0.717) is 6.04 Å². The summed E-state index contributed by atoms with van der Waals surface area (Å²) in [6.45, 7) is 13.1. The van der Waals surface area contributed by atoms with Crippen LogP contribution >= 0.6 is 11.3 Å². The van der Waals surface area contributed by atoms with Crippen molar-refractivity contribution in [2.24, 2.45) is 0 Å². The Hall–Kier alpha value is -0.990. The van der Waals surface area contributed by atoms with Crippen LogP contribution in [0.25, 0.3) is 0 Å². The first-order valence-electron chi connectivity index (χ1n) is 9.63. The second-order valence-electron chi connectivity index (χ2n) is 7.39. The third-order valence-electron chi connectivity index (χ3n) is 5.09. The summed E-state index contributed by atoms with van der Waals surface area (Å²) in [4.78, 5) is 13.3. The van der Waals surface area contributed by atoms with Crippen LogP contribution in [0.5, 0.6) is 0 Å². The van der Waals surface area contributed by atoms with E-state index in [9.17, 15) is 5.11 Å². The van der Waals surface area contributed by atoms with E-state index < -0.39 is 0 Å². The summed E-state index contributed by atoms with van der Waals surface area (Å²) in [5, 5.41) is 10.6. The van der Waals surface area contributed by atoms with Crippen molar-refractivity contribution in [3.05, 3.63) is 22.7 Å². The van der Waals surface area contributed by atoms with Crippen molar-refractivity contribution in [1.82, 2.24) is 14.8 Å². The molecule has 1 N–H and O–H groups in total. The second-order valence-corrected chi connectivity index (χ2v) is 8.48. The molecule has 0 spiro atoms. The molecular formula is C19H32N4O2S. The molecular weight excluding hydrogens is 348 g/mol. The van der Waals surface area contributed by atoms with Gasteiger partial charge in [-0.1, -0.05) is 11.6 Å². The highest BCUT2D eigenvalue weighted by Crippen LogP contribution is 2.25. The van der Waals surface area contributed by atoms with E-state index in [0.717, 1.165) is 70.6 Å². The van der Waals surface area contributed by atoms with Crippen molar-refractivity contribution in [3.8, 4) is 0 Å². The standard InChI is InChI=1S/C19H32N4O2S/c1-16(2)3-5-22-7-6-21(14-17(22)4-10-24)15-18-13-20-19(26-18)23-8-11-25-12-9-23/h3,13,17,24H,4-12,14-15H2,1-2H3/t17-/m1/s1. The third kappa shape index (κ3) is 5.50. The average molecular weight is 381 g/mol. The van der Waals surface area contributed by atoms with Crippen LogP contribution in [0, 0.1) is 0 Å². The predicted molar refractivity (Wildman–Crippen MR) is 107 cm³/mol. The quantitative estimate of drug-likeness (QED) is 0.728. The first-order chi connectivity index (χ1) is 12.7. The molecule has 0 aliphatic carbocycles. The van der Waals surface area contributed by atoms with Crippen LogP contribution in [0.3, 0.4) is 0 Å². The maximum Gasteiger partial charge on any atom is 0.185 e. The molecule has 2 aliphatic rings. The number of anilines is 1. The Bertz CT molecular complexity index is 582. The lowest BCUT2D eigenvalue weighted by atomic mass is 10.1. The molecule has 0 radical (unpaired) electrons. The minimum atomic E-state index is 0.256. The molecule has 7 heteroatoms. The lowest BCUT2D eigenvalue weighted by molar-refractivity contribution is 0.0642. The molecule has 0 bridgehead atoms. The predicted octanol–water partition coefficient (Wildman–Crippen LogP) is 1.81. The number of aliphatic hydroxyl groups is 1. The average Bonchev–Trinajstić information content (AvgIpc) is 3.10. The lowest BCUT2D eigenvalue weighted by Gasteiger charge is -2.41. The van der Waals surface area contributed by atoms with Crippen LogP contribution in [0.4, 0.5) is 5.13 Å². The van der Waals surface area contributed by atoms with Gasteiger partial charge in [0.15, 0.2) is 5.13 Å². The zero-order valence-corrected chi connectivity index (χ0v) is 16.9. The Morgan fingerprint density at radius 1 is 1.31 bits per heavy atom. The molecule has 3 rings (SSSR count). The Morgan fingerprint density at radius 3 is 2.85 bits per heavy atom. The lowest BCUT2D eigenvalue weighted by Crippen LogP contribution is -2.52. The first kappa shape index (κ1) is 19.8. The van der Waals surface area contributed by atoms with Crippen molar-refractivity contribution >= 4 is 16.5 Å². The summed E-state index contributed by atoms with van der Waals surface area (Å²) in [5.41, 5.74) is 1.36. The van der Waals surface area contributed by atoms with Gasteiger partial charge in [0.2, 0.25) is 0 Å². The molecule has 0 saturated carbocycles. The van der Waals surface area contributed by atoms with Crippen LogP contribution in [-0.4, -0.2) is 85.0 Å². The number of hydrogen-bond donors (Lipinski definition) is 1. The van der Waals surface area contributed by atoms with Crippen LogP contribution in [0.15, 0.2) is 17.8 Å². The number of thiazole rings is 1. The normalized spacial score (nSPS) is 22.6. The van der Waals surface area contributed by atoms with Gasteiger partial charge in [0.05, 0.1) is 13.2 Å². The van der Waals surface area contributed by atoms with E-state index in [4.69, 9.17) is 4.74 Å². The zero-order valence-electron chi connectivity index (χ0n) is 16.1. The van der Waals surface area contributed by atoms with Crippen molar-refractivity contribution in [2.45, 2.75) is 32.9 Å². The SMILES string of the molecule is CC(C)=CCN1CCN(Cc2cnc(N3CCOCC3)s2)C[C@H]1CCO. The second kappa shape index (κ2) is 9.80. The maximum atomic E-state index is 9.45. The summed E-state index contributed by atoms with van der Waals surface area (Å²) < 4.78 is 5.43. The van der Waals surface area contributed by atoms with Crippen LogP contribution in [-0.2, 0) is 11.3 Å². The van der Waals surface area contributed by atoms with Gasteiger partial charge in [0.1, 0.15) is 0 Å². The minimum absolute atomic E-state index is 0.256. The topological polar surface area (TPSA) is 52.1 Å². The van der Waals surface area contributed by atoms with Gasteiger partial charge in [-0.3, -0.25) is 9.80 Å². The minimum Gasteiger partial charge on any atom is -0.396 e. The number of nitrogens with zero attached hydrogens (tertiary/aromatic N) is 4. The van der Waals surface area contributed by atoms with E-state index in [2.05, 4.69) is 39.6 Å². The fraction of sp³-hybridized carbons (Fsp3) is 0.737. The van der Waals surface area contributed by atoms with Gasteiger partial charge in [-0.2, -0.15) is 0 Å². The number of aliphatic hydroxyl groups excluding tert-OH is 1. The van der Waals surface area contributed by atoms with E-state index in [1.807, 2.05) is 17.5 Å². The first-order valence-corrected chi connectivity index (χ1v) is 10.5. The zero-order chi connectivity index (χ0) is 18.4. The number of piperazine rings is 1. The maximum absolute atomic E-state index is 9.45. The fourth-order valence-electron chi connectivity index (χ4n) is 3.56. The molecule has 3 heterocycles. The molecule has 2 aliphatic heterocycles. The van der Waals surface area contributed by atoms with Gasteiger partial charge >= 0.3 is 0 Å². The van der Waals surface area contributed by atoms with Crippen LogP contribution in [0.2, 0.25) is 0 Å². The summed E-state index contributed by atoms with van der Waals surface area (Å²) in [6.07, 6.45) is 5.17. The number of hydrogen-bond acceptors (Lipinski definition) is 7. The number of ether oxygens (including phenoxy) is 1. The van der Waals surface area contributed by atoms with Crippen LogP contribution < -0.4 is 4.90 Å². The highest BCUT2D eigenvalue weighted by Gasteiger charge is 2.26. The molecule has 6 nitrogen and oxygen atoms in total. The van der Waals surface area contributed by atoms with Crippen molar-refractivity contribution in [1.29, 1.82) is 0 Å². The Balaban J connectivity index is 1.55. The van der Waals surface area contributed by atoms with Gasteiger partial charge in [-0.15, -0.1) is 11.3 Å².